The third-order valence-electron chi connectivity index (χ3n) is 3.42. The van der Waals surface area contributed by atoms with Gasteiger partial charge >= 0.3 is 12.1 Å². The molecule has 0 bridgehead atoms. The van der Waals surface area contributed by atoms with Crippen molar-refractivity contribution in [2.24, 2.45) is 0 Å². The molecule has 0 radical (unpaired) electrons. The van der Waals surface area contributed by atoms with E-state index < -0.39 is 36.3 Å². The number of alkyl halides is 3. The van der Waals surface area contributed by atoms with E-state index in [0.717, 1.165) is 12.1 Å². The number of benzene rings is 1. The second-order valence-electron chi connectivity index (χ2n) is 5.24. The molecule has 1 unspecified atom stereocenters. The van der Waals surface area contributed by atoms with Gasteiger partial charge in [-0.2, -0.15) is 13.2 Å². The van der Waals surface area contributed by atoms with Crippen molar-refractivity contribution in [3.05, 3.63) is 29.8 Å². The van der Waals surface area contributed by atoms with Gasteiger partial charge in [-0.05, 0) is 18.2 Å². The van der Waals surface area contributed by atoms with Gasteiger partial charge in [-0.15, -0.1) is 0 Å². The second-order valence-corrected chi connectivity index (χ2v) is 5.24. The number of rotatable bonds is 5. The summed E-state index contributed by atoms with van der Waals surface area (Å²) in [6.45, 7) is 0.159. The highest BCUT2D eigenvalue weighted by Gasteiger charge is 2.31. The third-order valence-corrected chi connectivity index (χ3v) is 3.42. The molecule has 6 nitrogen and oxygen atoms in total. The highest BCUT2D eigenvalue weighted by molar-refractivity contribution is 5.78. The van der Waals surface area contributed by atoms with Crippen molar-refractivity contribution < 1.29 is 37.3 Å². The summed E-state index contributed by atoms with van der Waals surface area (Å²) >= 11 is 0. The molecule has 132 valence electrons. The molecule has 1 N–H and O–H groups in total. The number of morpholine rings is 1. The van der Waals surface area contributed by atoms with Crippen LogP contribution in [0.5, 0.6) is 5.75 Å². The largest absolute Gasteiger partial charge is 0.484 e. The van der Waals surface area contributed by atoms with E-state index in [1.807, 2.05) is 0 Å². The monoisotopic (exact) mass is 347 g/mol. The topological polar surface area (TPSA) is 76.1 Å². The molecule has 1 atom stereocenters. The number of halogens is 3. The van der Waals surface area contributed by atoms with Gasteiger partial charge in [0.15, 0.2) is 6.61 Å². The van der Waals surface area contributed by atoms with Crippen molar-refractivity contribution in [1.29, 1.82) is 0 Å². The number of hydrogen-bond acceptors (Lipinski definition) is 4. The Hall–Kier alpha value is -2.29. The highest BCUT2D eigenvalue weighted by Crippen LogP contribution is 2.31. The second kappa shape index (κ2) is 7.52. The molecule has 1 aromatic rings. The maximum Gasteiger partial charge on any atom is 0.416 e. The van der Waals surface area contributed by atoms with E-state index in [-0.39, 0.29) is 31.9 Å². The van der Waals surface area contributed by atoms with Gasteiger partial charge in [0.25, 0.3) is 5.91 Å². The Balaban J connectivity index is 1.90. The van der Waals surface area contributed by atoms with Crippen LogP contribution < -0.4 is 4.74 Å². The van der Waals surface area contributed by atoms with E-state index in [1.165, 1.54) is 17.0 Å². The molecule has 2 rings (SSSR count). The van der Waals surface area contributed by atoms with Crippen LogP contribution in [0.1, 0.15) is 12.0 Å². The average molecular weight is 347 g/mol. The molecule has 24 heavy (non-hydrogen) atoms. The Labute approximate surface area is 135 Å². The van der Waals surface area contributed by atoms with E-state index in [0.29, 0.717) is 0 Å². The van der Waals surface area contributed by atoms with Gasteiger partial charge in [0.1, 0.15) is 5.75 Å². The number of carboxylic acid groups (broad SMARTS) is 1. The molecule has 1 amide bonds. The normalized spacial score (nSPS) is 18.3. The van der Waals surface area contributed by atoms with Crippen LogP contribution in [0.25, 0.3) is 0 Å². The molecule has 1 heterocycles. The summed E-state index contributed by atoms with van der Waals surface area (Å²) in [4.78, 5) is 24.1. The van der Waals surface area contributed by atoms with Crippen LogP contribution >= 0.6 is 0 Å². The minimum atomic E-state index is -4.49. The number of hydrogen-bond donors (Lipinski definition) is 1. The first-order valence-corrected chi connectivity index (χ1v) is 7.17. The molecule has 1 saturated heterocycles. The molecule has 1 aromatic carbocycles. The van der Waals surface area contributed by atoms with Gasteiger partial charge in [0, 0.05) is 13.1 Å². The number of carbonyl (C=O) groups excluding carboxylic acids is 1. The summed E-state index contributed by atoms with van der Waals surface area (Å²) in [5.74, 6) is -1.53. The van der Waals surface area contributed by atoms with E-state index in [9.17, 15) is 22.8 Å². The van der Waals surface area contributed by atoms with Crippen LogP contribution in [-0.2, 0) is 20.5 Å². The van der Waals surface area contributed by atoms with Crippen LogP contribution in [0.2, 0.25) is 0 Å². The van der Waals surface area contributed by atoms with E-state index in [4.69, 9.17) is 14.6 Å². The average Bonchev–Trinajstić information content (AvgIpc) is 2.51. The molecule has 0 aliphatic carbocycles. The number of nitrogens with zero attached hydrogens (tertiary/aromatic N) is 1. The number of carbonyl (C=O) groups is 2. The summed E-state index contributed by atoms with van der Waals surface area (Å²) < 4.78 is 48.2. The molecule has 1 aliphatic rings. The van der Waals surface area contributed by atoms with Crippen molar-refractivity contribution in [3.63, 3.8) is 0 Å². The minimum Gasteiger partial charge on any atom is -0.484 e. The van der Waals surface area contributed by atoms with Crippen LogP contribution in [0.15, 0.2) is 24.3 Å². The molecule has 0 spiro atoms. The summed E-state index contributed by atoms with van der Waals surface area (Å²) in [6, 6.07) is 4.25. The van der Waals surface area contributed by atoms with Crippen molar-refractivity contribution in [1.82, 2.24) is 4.90 Å². The van der Waals surface area contributed by atoms with Crippen LogP contribution in [0, 0.1) is 0 Å². The predicted molar refractivity (Wildman–Crippen MR) is 75.5 cm³/mol. The van der Waals surface area contributed by atoms with Gasteiger partial charge in [0.2, 0.25) is 0 Å². The Kier molecular flexibility index (Phi) is 5.66. The standard InChI is InChI=1S/C15H16F3NO5/c16-15(17,18)10-2-1-3-11(6-10)24-9-13(20)19-4-5-23-12(8-19)7-14(21)22/h1-3,6,12H,4-5,7-9H2,(H,21,22). The van der Waals surface area contributed by atoms with Gasteiger partial charge < -0.3 is 19.5 Å². The molecule has 0 aromatic heterocycles. The zero-order chi connectivity index (χ0) is 17.7. The first-order valence-electron chi connectivity index (χ1n) is 7.17. The molecular weight excluding hydrogens is 331 g/mol. The Bertz CT molecular complexity index is 605. The fourth-order valence-corrected chi connectivity index (χ4v) is 2.26. The van der Waals surface area contributed by atoms with Gasteiger partial charge in [-0.3, -0.25) is 9.59 Å². The van der Waals surface area contributed by atoms with Crippen LogP contribution in [-0.4, -0.2) is 54.3 Å². The lowest BCUT2D eigenvalue weighted by Crippen LogP contribution is -2.47. The van der Waals surface area contributed by atoms with Crippen LogP contribution in [0.3, 0.4) is 0 Å². The SMILES string of the molecule is O=C(O)CC1CN(C(=O)COc2cccc(C(F)(F)F)c2)CCO1. The minimum absolute atomic E-state index is 0.0616. The summed E-state index contributed by atoms with van der Waals surface area (Å²) in [5.41, 5.74) is -0.861. The van der Waals surface area contributed by atoms with Gasteiger partial charge in [-0.25, -0.2) is 0 Å². The fraction of sp³-hybridized carbons (Fsp3) is 0.467. The maximum atomic E-state index is 12.6. The molecule has 1 fully saturated rings. The Morgan fingerprint density at radius 1 is 1.38 bits per heavy atom. The van der Waals surface area contributed by atoms with Crippen molar-refractivity contribution in [2.45, 2.75) is 18.7 Å². The van der Waals surface area contributed by atoms with E-state index >= 15 is 0 Å². The summed E-state index contributed by atoms with van der Waals surface area (Å²) in [6.07, 6.45) is -5.32. The lowest BCUT2D eigenvalue weighted by Gasteiger charge is -2.32. The lowest BCUT2D eigenvalue weighted by atomic mass is 10.2. The number of carboxylic acids is 1. The van der Waals surface area contributed by atoms with E-state index in [2.05, 4.69) is 0 Å². The quantitative estimate of drug-likeness (QED) is 0.879. The molecular formula is C15H16F3NO5. The maximum absolute atomic E-state index is 12.6. The Morgan fingerprint density at radius 3 is 2.79 bits per heavy atom. The smallest absolute Gasteiger partial charge is 0.416 e. The Morgan fingerprint density at radius 2 is 2.12 bits per heavy atom. The van der Waals surface area contributed by atoms with Crippen LogP contribution in [0.4, 0.5) is 13.2 Å². The zero-order valence-corrected chi connectivity index (χ0v) is 12.6. The zero-order valence-electron chi connectivity index (χ0n) is 12.6. The number of ether oxygens (including phenoxy) is 2. The van der Waals surface area contributed by atoms with Gasteiger partial charge in [-0.1, -0.05) is 6.07 Å². The first kappa shape index (κ1) is 18.1. The van der Waals surface area contributed by atoms with Crippen molar-refractivity contribution >= 4 is 11.9 Å². The number of amides is 1. The third kappa shape index (κ3) is 5.12. The van der Waals surface area contributed by atoms with Crippen molar-refractivity contribution in [2.75, 3.05) is 26.3 Å². The first-order chi connectivity index (χ1) is 11.3. The lowest BCUT2D eigenvalue weighted by molar-refractivity contribution is -0.148. The summed E-state index contributed by atoms with van der Waals surface area (Å²) in [7, 11) is 0. The molecule has 0 saturated carbocycles. The predicted octanol–water partition coefficient (Wildman–Crippen LogP) is 1.79. The van der Waals surface area contributed by atoms with E-state index in [1.54, 1.807) is 0 Å². The molecule has 9 heteroatoms. The molecule has 1 aliphatic heterocycles. The van der Waals surface area contributed by atoms with Crippen molar-refractivity contribution in [3.8, 4) is 5.75 Å². The number of aliphatic carboxylic acids is 1. The summed E-state index contributed by atoms with van der Waals surface area (Å²) in [5, 5.41) is 8.73. The van der Waals surface area contributed by atoms with Gasteiger partial charge in [0.05, 0.1) is 24.7 Å². The highest BCUT2D eigenvalue weighted by atomic mass is 19.4. The fourth-order valence-electron chi connectivity index (χ4n) is 2.26.